The van der Waals surface area contributed by atoms with Gasteiger partial charge in [-0.2, -0.15) is 0 Å². The Morgan fingerprint density at radius 3 is 2.78 bits per heavy atom. The molecule has 0 unspecified atom stereocenters. The predicted octanol–water partition coefficient (Wildman–Crippen LogP) is 3.85. The molecule has 92 valence electrons. The molecular formula is C12H9BrN2O3. The Kier molecular flexibility index (Phi) is 3.57. The molecular weight excluding hydrogens is 300 g/mol. The maximum absolute atomic E-state index is 10.8. The summed E-state index contributed by atoms with van der Waals surface area (Å²) in [5, 5.41) is 10.8. The molecule has 18 heavy (non-hydrogen) atoms. The summed E-state index contributed by atoms with van der Waals surface area (Å²) >= 11 is 3.30. The third-order valence-electron chi connectivity index (χ3n) is 2.41. The molecule has 0 aliphatic rings. The highest BCUT2D eigenvalue weighted by Crippen LogP contribution is 2.33. The number of nitro benzene ring substituents is 1. The average molecular weight is 309 g/mol. The summed E-state index contributed by atoms with van der Waals surface area (Å²) in [5.41, 5.74) is 0.531. The second kappa shape index (κ2) is 5.14. The Bertz CT molecular complexity index is 602. The van der Waals surface area contributed by atoms with E-state index in [9.17, 15) is 10.1 Å². The normalized spacial score (nSPS) is 10.1. The average Bonchev–Trinajstić information content (AvgIpc) is 2.34. The van der Waals surface area contributed by atoms with E-state index in [1.54, 1.807) is 37.5 Å². The molecule has 0 fully saturated rings. The molecule has 1 aromatic carbocycles. The summed E-state index contributed by atoms with van der Waals surface area (Å²) in [6.07, 6.45) is 3.19. The molecule has 2 rings (SSSR count). The lowest BCUT2D eigenvalue weighted by molar-refractivity contribution is -0.385. The topological polar surface area (TPSA) is 65.3 Å². The maximum Gasteiger partial charge on any atom is 0.276 e. The van der Waals surface area contributed by atoms with E-state index in [-0.39, 0.29) is 5.69 Å². The van der Waals surface area contributed by atoms with E-state index in [0.717, 1.165) is 0 Å². The summed E-state index contributed by atoms with van der Waals surface area (Å²) in [7, 11) is 0. The number of halogens is 1. The molecule has 0 aliphatic carbocycles. The van der Waals surface area contributed by atoms with Crippen molar-refractivity contribution in [2.24, 2.45) is 0 Å². The van der Waals surface area contributed by atoms with Crippen molar-refractivity contribution < 1.29 is 9.66 Å². The third-order valence-corrected chi connectivity index (χ3v) is 3.00. The van der Waals surface area contributed by atoms with Crippen LogP contribution in [0.25, 0.3) is 0 Å². The molecule has 5 nitrogen and oxygen atoms in total. The molecule has 0 saturated carbocycles. The minimum atomic E-state index is -0.427. The number of rotatable bonds is 3. The van der Waals surface area contributed by atoms with Gasteiger partial charge in [-0.3, -0.25) is 15.1 Å². The van der Waals surface area contributed by atoms with Crippen LogP contribution in [0.3, 0.4) is 0 Å². The fraction of sp³-hybridized carbons (Fsp3) is 0.0833. The van der Waals surface area contributed by atoms with Crippen LogP contribution in [0.4, 0.5) is 5.69 Å². The number of benzene rings is 1. The van der Waals surface area contributed by atoms with Gasteiger partial charge in [0.15, 0.2) is 0 Å². The quantitative estimate of drug-likeness (QED) is 0.638. The van der Waals surface area contributed by atoms with Crippen LogP contribution in [0, 0.1) is 17.0 Å². The Hall–Kier alpha value is -1.95. The zero-order chi connectivity index (χ0) is 13.1. The van der Waals surface area contributed by atoms with Crippen LogP contribution in [-0.2, 0) is 0 Å². The summed E-state index contributed by atoms with van der Waals surface area (Å²) < 4.78 is 6.33. The van der Waals surface area contributed by atoms with Crippen molar-refractivity contribution in [1.82, 2.24) is 4.98 Å². The van der Waals surface area contributed by atoms with E-state index in [1.165, 1.54) is 6.07 Å². The maximum atomic E-state index is 10.8. The van der Waals surface area contributed by atoms with Gasteiger partial charge in [0.2, 0.25) is 0 Å². The van der Waals surface area contributed by atoms with Gasteiger partial charge < -0.3 is 4.74 Å². The highest BCUT2D eigenvalue weighted by molar-refractivity contribution is 9.10. The number of nitro groups is 1. The Morgan fingerprint density at radius 1 is 1.33 bits per heavy atom. The number of pyridine rings is 1. The van der Waals surface area contributed by atoms with Gasteiger partial charge >= 0.3 is 0 Å². The summed E-state index contributed by atoms with van der Waals surface area (Å²) in [5.74, 6) is 1.02. The third kappa shape index (κ3) is 2.48. The van der Waals surface area contributed by atoms with E-state index >= 15 is 0 Å². The zero-order valence-electron chi connectivity index (χ0n) is 9.46. The molecule has 6 heteroatoms. The van der Waals surface area contributed by atoms with Crippen molar-refractivity contribution in [1.29, 1.82) is 0 Å². The molecule has 0 radical (unpaired) electrons. The number of nitrogens with zero attached hydrogens (tertiary/aromatic N) is 2. The number of ether oxygens (including phenoxy) is 1. The van der Waals surface area contributed by atoms with Crippen molar-refractivity contribution >= 4 is 21.6 Å². The van der Waals surface area contributed by atoms with Crippen LogP contribution >= 0.6 is 15.9 Å². The first-order valence-corrected chi connectivity index (χ1v) is 5.90. The molecule has 0 amide bonds. The van der Waals surface area contributed by atoms with Crippen molar-refractivity contribution in [3.8, 4) is 11.5 Å². The molecule has 1 heterocycles. The van der Waals surface area contributed by atoms with E-state index in [2.05, 4.69) is 20.9 Å². The number of hydrogen-bond acceptors (Lipinski definition) is 4. The lowest BCUT2D eigenvalue weighted by Crippen LogP contribution is -1.95. The summed E-state index contributed by atoms with van der Waals surface area (Å²) in [6, 6.07) is 6.41. The van der Waals surface area contributed by atoms with Crippen molar-refractivity contribution in [2.75, 3.05) is 0 Å². The van der Waals surface area contributed by atoms with Crippen molar-refractivity contribution in [2.45, 2.75) is 6.92 Å². The minimum absolute atomic E-state index is 0.0395. The Balaban J connectivity index is 2.39. The van der Waals surface area contributed by atoms with E-state index in [4.69, 9.17) is 4.74 Å². The van der Waals surface area contributed by atoms with Gasteiger partial charge in [-0.1, -0.05) is 6.07 Å². The standard InChI is InChI=1S/C12H9BrN2O3/c1-8-10(15(16)17)3-2-4-11(8)18-12-5-6-14-7-9(12)13/h2-7H,1H3. The largest absolute Gasteiger partial charge is 0.456 e. The molecule has 0 aliphatic heterocycles. The number of aromatic nitrogens is 1. The highest BCUT2D eigenvalue weighted by atomic mass is 79.9. The fourth-order valence-corrected chi connectivity index (χ4v) is 1.81. The Labute approximate surface area is 112 Å². The van der Waals surface area contributed by atoms with E-state index in [0.29, 0.717) is 21.5 Å². The predicted molar refractivity (Wildman–Crippen MR) is 69.8 cm³/mol. The van der Waals surface area contributed by atoms with E-state index < -0.39 is 4.92 Å². The molecule has 0 saturated heterocycles. The van der Waals surface area contributed by atoms with Gasteiger partial charge in [0.1, 0.15) is 11.5 Å². The van der Waals surface area contributed by atoms with Crippen LogP contribution in [0.15, 0.2) is 41.1 Å². The van der Waals surface area contributed by atoms with Gasteiger partial charge in [-0.05, 0) is 28.9 Å². The smallest absolute Gasteiger partial charge is 0.276 e. The van der Waals surface area contributed by atoms with Crippen molar-refractivity contribution in [3.63, 3.8) is 0 Å². The van der Waals surface area contributed by atoms with Crippen molar-refractivity contribution in [3.05, 3.63) is 56.8 Å². The van der Waals surface area contributed by atoms with Crippen LogP contribution in [-0.4, -0.2) is 9.91 Å². The molecule has 1 aromatic heterocycles. The van der Waals surface area contributed by atoms with Crippen LogP contribution in [0.2, 0.25) is 0 Å². The fourth-order valence-electron chi connectivity index (χ4n) is 1.47. The minimum Gasteiger partial charge on any atom is -0.456 e. The van der Waals surface area contributed by atoms with Gasteiger partial charge in [0.25, 0.3) is 5.69 Å². The Morgan fingerprint density at radius 2 is 2.11 bits per heavy atom. The van der Waals surface area contributed by atoms with Crippen LogP contribution in [0.1, 0.15) is 5.56 Å². The van der Waals surface area contributed by atoms with Crippen LogP contribution in [0.5, 0.6) is 11.5 Å². The molecule has 0 bridgehead atoms. The highest BCUT2D eigenvalue weighted by Gasteiger charge is 2.15. The molecule has 0 N–H and O–H groups in total. The van der Waals surface area contributed by atoms with E-state index in [1.807, 2.05) is 0 Å². The summed E-state index contributed by atoms with van der Waals surface area (Å²) in [6.45, 7) is 1.66. The zero-order valence-corrected chi connectivity index (χ0v) is 11.0. The first-order chi connectivity index (χ1) is 8.59. The first kappa shape index (κ1) is 12.5. The molecule has 2 aromatic rings. The SMILES string of the molecule is Cc1c(Oc2ccncc2Br)cccc1[N+](=O)[O-]. The lowest BCUT2D eigenvalue weighted by atomic mass is 10.2. The number of hydrogen-bond donors (Lipinski definition) is 0. The van der Waals surface area contributed by atoms with Gasteiger partial charge in [0.05, 0.1) is 15.0 Å². The van der Waals surface area contributed by atoms with Gasteiger partial charge in [-0.15, -0.1) is 0 Å². The van der Waals surface area contributed by atoms with Gasteiger partial charge in [-0.25, -0.2) is 0 Å². The van der Waals surface area contributed by atoms with Crippen LogP contribution < -0.4 is 4.74 Å². The first-order valence-electron chi connectivity index (χ1n) is 5.11. The lowest BCUT2D eigenvalue weighted by Gasteiger charge is -2.09. The monoisotopic (exact) mass is 308 g/mol. The molecule has 0 spiro atoms. The second-order valence-corrected chi connectivity index (χ2v) is 4.42. The van der Waals surface area contributed by atoms with Gasteiger partial charge in [0, 0.05) is 24.5 Å². The summed E-state index contributed by atoms with van der Waals surface area (Å²) in [4.78, 5) is 14.3. The molecule has 0 atom stereocenters. The second-order valence-electron chi connectivity index (χ2n) is 3.57.